The zero-order chi connectivity index (χ0) is 20.9. The summed E-state index contributed by atoms with van der Waals surface area (Å²) < 4.78 is 0. The number of carbonyl (C=O) groups is 1. The average Bonchev–Trinajstić information content (AvgIpc) is 3.30. The molecule has 4 heteroatoms. The van der Waals surface area contributed by atoms with E-state index in [9.17, 15) is 4.79 Å². The standard InChI is InChI=1S/C26H29N3O/c1-19-10-11-20(2)24(18-19)28-26(30)25(21-8-4-3-5-9-21)27-22-12-14-23(15-13-22)29-16-6-7-17-29/h3-5,8-15,18,25,27H,6-7,16-17H2,1-2H3,(H,28,30)/t25-/m0/s1. The normalized spacial score (nSPS) is 14.4. The molecule has 0 unspecified atom stereocenters. The lowest BCUT2D eigenvalue weighted by Gasteiger charge is -2.22. The smallest absolute Gasteiger partial charge is 0.251 e. The molecule has 154 valence electrons. The summed E-state index contributed by atoms with van der Waals surface area (Å²) in [6.45, 7) is 6.29. The lowest BCUT2D eigenvalue weighted by molar-refractivity contribution is -0.117. The van der Waals surface area contributed by atoms with Crippen molar-refractivity contribution in [2.24, 2.45) is 0 Å². The molecule has 4 nitrogen and oxygen atoms in total. The number of anilines is 3. The number of hydrogen-bond donors (Lipinski definition) is 2. The molecular formula is C26H29N3O. The number of nitrogens with zero attached hydrogens (tertiary/aromatic N) is 1. The second-order valence-electron chi connectivity index (χ2n) is 8.04. The predicted octanol–water partition coefficient (Wildman–Crippen LogP) is 5.70. The van der Waals surface area contributed by atoms with Gasteiger partial charge in [0.05, 0.1) is 0 Å². The molecule has 1 fully saturated rings. The Kier molecular flexibility index (Phi) is 6.03. The van der Waals surface area contributed by atoms with Crippen LogP contribution in [0.4, 0.5) is 17.1 Å². The molecule has 1 saturated heterocycles. The van der Waals surface area contributed by atoms with Crippen molar-refractivity contribution in [3.63, 3.8) is 0 Å². The fourth-order valence-corrected chi connectivity index (χ4v) is 3.93. The van der Waals surface area contributed by atoms with Gasteiger partial charge in [-0.1, -0.05) is 42.5 Å². The third kappa shape index (κ3) is 4.65. The Hall–Kier alpha value is -3.27. The molecule has 1 heterocycles. The third-order valence-corrected chi connectivity index (χ3v) is 5.70. The highest BCUT2D eigenvalue weighted by molar-refractivity contribution is 5.98. The Morgan fingerprint density at radius 1 is 0.900 bits per heavy atom. The van der Waals surface area contributed by atoms with Crippen LogP contribution in [0.3, 0.4) is 0 Å². The van der Waals surface area contributed by atoms with Crippen LogP contribution < -0.4 is 15.5 Å². The molecule has 1 aliphatic rings. The van der Waals surface area contributed by atoms with Crippen molar-refractivity contribution in [2.75, 3.05) is 28.6 Å². The van der Waals surface area contributed by atoms with Crippen LogP contribution >= 0.6 is 0 Å². The van der Waals surface area contributed by atoms with Crippen molar-refractivity contribution < 1.29 is 4.79 Å². The van der Waals surface area contributed by atoms with E-state index in [-0.39, 0.29) is 5.91 Å². The van der Waals surface area contributed by atoms with Crippen LogP contribution in [0, 0.1) is 13.8 Å². The lowest BCUT2D eigenvalue weighted by atomic mass is 10.0. The topological polar surface area (TPSA) is 44.4 Å². The molecule has 4 rings (SSSR count). The summed E-state index contributed by atoms with van der Waals surface area (Å²) in [6.07, 6.45) is 2.52. The maximum atomic E-state index is 13.3. The minimum atomic E-state index is -0.483. The molecular weight excluding hydrogens is 370 g/mol. The fourth-order valence-electron chi connectivity index (χ4n) is 3.93. The summed E-state index contributed by atoms with van der Waals surface area (Å²) in [4.78, 5) is 15.7. The molecule has 3 aromatic carbocycles. The van der Waals surface area contributed by atoms with Gasteiger partial charge in [0.1, 0.15) is 6.04 Å². The van der Waals surface area contributed by atoms with Crippen molar-refractivity contribution >= 4 is 23.0 Å². The molecule has 1 aliphatic heterocycles. The SMILES string of the molecule is Cc1ccc(C)c(NC(=O)[C@@H](Nc2ccc(N3CCCC3)cc2)c2ccccc2)c1. The Balaban J connectivity index is 1.55. The van der Waals surface area contributed by atoms with Gasteiger partial charge in [0.25, 0.3) is 5.91 Å². The second kappa shape index (κ2) is 9.04. The number of nitrogens with one attached hydrogen (secondary N) is 2. The van der Waals surface area contributed by atoms with Crippen LogP contribution in [-0.4, -0.2) is 19.0 Å². The molecule has 2 N–H and O–H groups in total. The first-order chi connectivity index (χ1) is 14.6. The molecule has 3 aromatic rings. The zero-order valence-electron chi connectivity index (χ0n) is 17.7. The van der Waals surface area contributed by atoms with Crippen LogP contribution in [0.5, 0.6) is 0 Å². The summed E-state index contributed by atoms with van der Waals surface area (Å²) in [5.41, 5.74) is 6.14. The highest BCUT2D eigenvalue weighted by Gasteiger charge is 2.21. The molecule has 0 radical (unpaired) electrons. The Morgan fingerprint density at radius 2 is 1.60 bits per heavy atom. The van der Waals surface area contributed by atoms with Gasteiger partial charge in [-0.3, -0.25) is 4.79 Å². The molecule has 0 aliphatic carbocycles. The maximum Gasteiger partial charge on any atom is 0.251 e. The Bertz CT molecular complexity index is 993. The largest absolute Gasteiger partial charge is 0.372 e. The van der Waals surface area contributed by atoms with Gasteiger partial charge in [0.2, 0.25) is 0 Å². The molecule has 1 atom stereocenters. The molecule has 1 amide bonds. The zero-order valence-corrected chi connectivity index (χ0v) is 17.7. The van der Waals surface area contributed by atoms with Gasteiger partial charge in [0, 0.05) is 30.2 Å². The highest BCUT2D eigenvalue weighted by atomic mass is 16.2. The van der Waals surface area contributed by atoms with Crippen molar-refractivity contribution in [1.82, 2.24) is 0 Å². The van der Waals surface area contributed by atoms with Gasteiger partial charge in [-0.2, -0.15) is 0 Å². The van der Waals surface area contributed by atoms with Gasteiger partial charge in [0.15, 0.2) is 0 Å². The molecule has 30 heavy (non-hydrogen) atoms. The Morgan fingerprint density at radius 3 is 2.30 bits per heavy atom. The number of rotatable bonds is 6. The third-order valence-electron chi connectivity index (χ3n) is 5.70. The molecule has 0 spiro atoms. The van der Waals surface area contributed by atoms with E-state index in [0.29, 0.717) is 0 Å². The van der Waals surface area contributed by atoms with Crippen molar-refractivity contribution in [1.29, 1.82) is 0 Å². The van der Waals surface area contributed by atoms with E-state index >= 15 is 0 Å². The fraction of sp³-hybridized carbons (Fsp3) is 0.269. The minimum absolute atomic E-state index is 0.0708. The van der Waals surface area contributed by atoms with E-state index in [4.69, 9.17) is 0 Å². The summed E-state index contributed by atoms with van der Waals surface area (Å²) in [6, 6.07) is 23.9. The van der Waals surface area contributed by atoms with E-state index in [1.54, 1.807) is 0 Å². The maximum absolute atomic E-state index is 13.3. The van der Waals surface area contributed by atoms with Gasteiger partial charge in [-0.05, 0) is 73.7 Å². The van der Waals surface area contributed by atoms with Gasteiger partial charge < -0.3 is 15.5 Å². The lowest BCUT2D eigenvalue weighted by Crippen LogP contribution is -2.27. The van der Waals surface area contributed by atoms with Crippen LogP contribution in [0.2, 0.25) is 0 Å². The van der Waals surface area contributed by atoms with Crippen LogP contribution in [-0.2, 0) is 4.79 Å². The summed E-state index contributed by atoms with van der Waals surface area (Å²) >= 11 is 0. The number of aryl methyl sites for hydroxylation is 2. The van der Waals surface area contributed by atoms with Gasteiger partial charge in [-0.25, -0.2) is 0 Å². The van der Waals surface area contributed by atoms with E-state index in [0.717, 1.165) is 41.2 Å². The monoisotopic (exact) mass is 399 g/mol. The van der Waals surface area contributed by atoms with Crippen molar-refractivity contribution in [3.8, 4) is 0 Å². The number of hydrogen-bond acceptors (Lipinski definition) is 3. The number of amides is 1. The summed E-state index contributed by atoms with van der Waals surface area (Å²) in [5.74, 6) is -0.0708. The van der Waals surface area contributed by atoms with Crippen molar-refractivity contribution in [3.05, 3.63) is 89.5 Å². The Labute approximate surface area is 178 Å². The molecule has 0 aromatic heterocycles. The summed E-state index contributed by atoms with van der Waals surface area (Å²) in [5, 5.41) is 6.55. The first-order valence-electron chi connectivity index (χ1n) is 10.6. The average molecular weight is 400 g/mol. The quantitative estimate of drug-likeness (QED) is 0.559. The van der Waals surface area contributed by atoms with E-state index in [2.05, 4.69) is 45.9 Å². The van der Waals surface area contributed by atoms with Crippen LogP contribution in [0.25, 0.3) is 0 Å². The van der Waals surface area contributed by atoms with E-state index in [1.807, 2.05) is 56.3 Å². The minimum Gasteiger partial charge on any atom is -0.372 e. The van der Waals surface area contributed by atoms with E-state index < -0.39 is 6.04 Å². The second-order valence-corrected chi connectivity index (χ2v) is 8.04. The van der Waals surface area contributed by atoms with E-state index in [1.165, 1.54) is 18.5 Å². The molecule has 0 bridgehead atoms. The first-order valence-corrected chi connectivity index (χ1v) is 10.6. The van der Waals surface area contributed by atoms with Gasteiger partial charge in [-0.15, -0.1) is 0 Å². The van der Waals surface area contributed by atoms with Crippen LogP contribution in [0.1, 0.15) is 35.6 Å². The molecule has 0 saturated carbocycles. The highest BCUT2D eigenvalue weighted by Crippen LogP contribution is 2.26. The van der Waals surface area contributed by atoms with Crippen molar-refractivity contribution in [2.45, 2.75) is 32.7 Å². The summed E-state index contributed by atoms with van der Waals surface area (Å²) in [7, 11) is 0. The van der Waals surface area contributed by atoms with Gasteiger partial charge >= 0.3 is 0 Å². The number of carbonyl (C=O) groups excluding carboxylic acids is 1. The van der Waals surface area contributed by atoms with Crippen LogP contribution in [0.15, 0.2) is 72.8 Å². The first kappa shape index (κ1) is 20.0. The predicted molar refractivity (Wildman–Crippen MR) is 125 cm³/mol. The number of benzene rings is 3.